The highest BCUT2D eigenvalue weighted by Crippen LogP contribution is 2.39. The monoisotopic (exact) mass is 337 g/mol. The smallest absolute Gasteiger partial charge is 0.161 e. The predicted molar refractivity (Wildman–Crippen MR) is 79.2 cm³/mol. The zero-order valence-corrected chi connectivity index (χ0v) is 12.7. The Morgan fingerprint density at radius 3 is 2.47 bits per heavy atom. The Labute approximate surface area is 125 Å². The predicted octanol–water partition coefficient (Wildman–Crippen LogP) is 4.61. The van der Waals surface area contributed by atoms with Crippen LogP contribution in [0.3, 0.4) is 0 Å². The molecule has 5 heteroatoms. The Kier molecular flexibility index (Phi) is 3.80. The van der Waals surface area contributed by atoms with Crippen molar-refractivity contribution in [1.29, 1.82) is 0 Å². The van der Waals surface area contributed by atoms with Gasteiger partial charge >= 0.3 is 0 Å². The molecule has 3 nitrogen and oxygen atoms in total. The minimum absolute atomic E-state index is 0.490. The van der Waals surface area contributed by atoms with Crippen LogP contribution in [-0.2, 0) is 0 Å². The van der Waals surface area contributed by atoms with Gasteiger partial charge in [-0.3, -0.25) is 4.98 Å². The van der Waals surface area contributed by atoms with Crippen molar-refractivity contribution in [3.63, 3.8) is 0 Å². The van der Waals surface area contributed by atoms with E-state index >= 15 is 0 Å². The van der Waals surface area contributed by atoms with Crippen LogP contribution >= 0.6 is 27.5 Å². The number of hydrogen-bond acceptors (Lipinski definition) is 3. The van der Waals surface area contributed by atoms with Gasteiger partial charge < -0.3 is 0 Å². The van der Waals surface area contributed by atoms with Crippen molar-refractivity contribution in [2.24, 2.45) is 0 Å². The van der Waals surface area contributed by atoms with Gasteiger partial charge in [0.2, 0.25) is 0 Å². The van der Waals surface area contributed by atoms with Gasteiger partial charge in [0, 0.05) is 23.9 Å². The van der Waals surface area contributed by atoms with E-state index in [4.69, 9.17) is 16.6 Å². The molecule has 0 spiro atoms. The molecule has 1 aliphatic rings. The molecule has 0 aromatic carbocycles. The van der Waals surface area contributed by atoms with Gasteiger partial charge in [-0.15, -0.1) is 0 Å². The van der Waals surface area contributed by atoms with Gasteiger partial charge in [-0.2, -0.15) is 0 Å². The molecule has 0 aliphatic heterocycles. The Morgan fingerprint density at radius 1 is 1.11 bits per heavy atom. The number of aromatic nitrogens is 3. The van der Waals surface area contributed by atoms with Crippen molar-refractivity contribution >= 4 is 27.5 Å². The maximum Gasteiger partial charge on any atom is 0.161 e. The third kappa shape index (κ3) is 2.65. The van der Waals surface area contributed by atoms with Crippen LogP contribution in [0.15, 0.2) is 29.0 Å². The molecule has 19 heavy (non-hydrogen) atoms. The Bertz CT molecular complexity index is 583. The third-order valence-corrected chi connectivity index (χ3v) is 4.80. The van der Waals surface area contributed by atoms with Crippen molar-refractivity contribution in [2.75, 3.05) is 0 Å². The maximum absolute atomic E-state index is 6.23. The third-order valence-electron chi connectivity index (χ3n) is 3.52. The second-order valence-corrected chi connectivity index (χ2v) is 5.91. The lowest BCUT2D eigenvalue weighted by Crippen LogP contribution is -2.02. The summed E-state index contributed by atoms with van der Waals surface area (Å²) in [6.07, 6.45) is 8.38. The van der Waals surface area contributed by atoms with Crippen molar-refractivity contribution in [3.8, 4) is 11.4 Å². The molecule has 0 amide bonds. The summed E-state index contributed by atoms with van der Waals surface area (Å²) in [6.45, 7) is 0. The van der Waals surface area contributed by atoms with Crippen molar-refractivity contribution in [1.82, 2.24) is 15.0 Å². The summed E-state index contributed by atoms with van der Waals surface area (Å²) in [4.78, 5) is 13.1. The first-order valence-electron chi connectivity index (χ1n) is 6.39. The fourth-order valence-corrected chi connectivity index (χ4v) is 3.21. The topological polar surface area (TPSA) is 38.7 Å². The minimum atomic E-state index is 0.490. The van der Waals surface area contributed by atoms with Gasteiger partial charge in [0.15, 0.2) is 5.82 Å². The summed E-state index contributed by atoms with van der Waals surface area (Å²) < 4.78 is 0.846. The molecule has 1 fully saturated rings. The highest BCUT2D eigenvalue weighted by Gasteiger charge is 2.23. The summed E-state index contributed by atoms with van der Waals surface area (Å²) in [5.74, 6) is 1.17. The molecule has 2 heterocycles. The van der Waals surface area contributed by atoms with Gasteiger partial charge in [-0.05, 0) is 40.9 Å². The zero-order valence-electron chi connectivity index (χ0n) is 10.3. The SMILES string of the molecule is Clc1nc(-c2ccncc2)nc(C2CCCC2)c1Br. The lowest BCUT2D eigenvalue weighted by atomic mass is 10.0. The Morgan fingerprint density at radius 2 is 1.79 bits per heavy atom. The molecule has 0 N–H and O–H groups in total. The van der Waals surface area contributed by atoms with Crippen LogP contribution < -0.4 is 0 Å². The molecule has 0 radical (unpaired) electrons. The van der Waals surface area contributed by atoms with Crippen LogP contribution in [-0.4, -0.2) is 15.0 Å². The summed E-state index contributed by atoms with van der Waals surface area (Å²) in [7, 11) is 0. The quantitative estimate of drug-likeness (QED) is 0.750. The first kappa shape index (κ1) is 13.0. The van der Waals surface area contributed by atoms with E-state index in [2.05, 4.69) is 25.9 Å². The summed E-state index contributed by atoms with van der Waals surface area (Å²) >= 11 is 9.76. The zero-order chi connectivity index (χ0) is 13.2. The molecule has 1 saturated carbocycles. The molecule has 3 rings (SSSR count). The Hall–Kier alpha value is -1.00. The molecule has 1 aliphatic carbocycles. The molecule has 98 valence electrons. The molecule has 2 aromatic heterocycles. The Balaban J connectivity index is 2.07. The van der Waals surface area contributed by atoms with Gasteiger partial charge in [0.1, 0.15) is 5.15 Å². The van der Waals surface area contributed by atoms with Gasteiger partial charge in [-0.1, -0.05) is 24.4 Å². The molecular weight excluding hydrogens is 326 g/mol. The van der Waals surface area contributed by atoms with Crippen LogP contribution in [0.25, 0.3) is 11.4 Å². The largest absolute Gasteiger partial charge is 0.265 e. The standard InChI is InChI=1S/C14H13BrClN3/c15-11-12(9-3-1-2-4-9)18-14(19-13(11)16)10-5-7-17-8-6-10/h5-9H,1-4H2. The number of nitrogens with zero attached hydrogens (tertiary/aromatic N) is 3. The van der Waals surface area contributed by atoms with Crippen molar-refractivity contribution < 1.29 is 0 Å². The first-order valence-corrected chi connectivity index (χ1v) is 7.56. The van der Waals surface area contributed by atoms with E-state index in [9.17, 15) is 0 Å². The number of halogens is 2. The number of hydrogen-bond donors (Lipinski definition) is 0. The van der Waals surface area contributed by atoms with E-state index in [0.29, 0.717) is 16.9 Å². The summed E-state index contributed by atoms with van der Waals surface area (Å²) in [6, 6.07) is 3.80. The van der Waals surface area contributed by atoms with E-state index in [1.165, 1.54) is 25.7 Å². The molecular formula is C14H13BrClN3. The van der Waals surface area contributed by atoms with Gasteiger partial charge in [0.25, 0.3) is 0 Å². The van der Waals surface area contributed by atoms with E-state index in [-0.39, 0.29) is 0 Å². The number of pyridine rings is 1. The van der Waals surface area contributed by atoms with Crippen LogP contribution in [0.1, 0.15) is 37.3 Å². The van der Waals surface area contributed by atoms with Crippen molar-refractivity contribution in [3.05, 3.63) is 39.8 Å². The van der Waals surface area contributed by atoms with E-state index in [1.807, 2.05) is 12.1 Å². The van der Waals surface area contributed by atoms with Gasteiger partial charge in [-0.25, -0.2) is 9.97 Å². The molecule has 0 bridgehead atoms. The number of rotatable bonds is 2. The first-order chi connectivity index (χ1) is 9.25. The van der Waals surface area contributed by atoms with Crippen LogP contribution in [0.4, 0.5) is 0 Å². The minimum Gasteiger partial charge on any atom is -0.265 e. The van der Waals surface area contributed by atoms with E-state index < -0.39 is 0 Å². The second-order valence-electron chi connectivity index (χ2n) is 4.75. The lowest BCUT2D eigenvalue weighted by molar-refractivity contribution is 0.691. The average Bonchev–Trinajstić information content (AvgIpc) is 2.96. The van der Waals surface area contributed by atoms with E-state index in [0.717, 1.165) is 15.7 Å². The molecule has 0 unspecified atom stereocenters. The maximum atomic E-state index is 6.23. The van der Waals surface area contributed by atoms with Crippen molar-refractivity contribution in [2.45, 2.75) is 31.6 Å². The molecule has 2 aromatic rings. The van der Waals surface area contributed by atoms with E-state index in [1.54, 1.807) is 12.4 Å². The fraction of sp³-hybridized carbons (Fsp3) is 0.357. The molecule has 0 atom stereocenters. The fourth-order valence-electron chi connectivity index (χ4n) is 2.54. The average molecular weight is 339 g/mol. The van der Waals surface area contributed by atoms with Gasteiger partial charge in [0.05, 0.1) is 10.2 Å². The molecule has 0 saturated heterocycles. The lowest BCUT2D eigenvalue weighted by Gasteiger charge is -2.13. The second kappa shape index (κ2) is 5.55. The highest BCUT2D eigenvalue weighted by atomic mass is 79.9. The van der Waals surface area contributed by atoms with Crippen LogP contribution in [0, 0.1) is 0 Å². The van der Waals surface area contributed by atoms with Crippen LogP contribution in [0.2, 0.25) is 5.15 Å². The summed E-state index contributed by atoms with van der Waals surface area (Å²) in [5, 5.41) is 0.490. The van der Waals surface area contributed by atoms with Crippen LogP contribution in [0.5, 0.6) is 0 Å². The normalized spacial score (nSPS) is 15.9. The highest BCUT2D eigenvalue weighted by molar-refractivity contribution is 9.10. The summed E-state index contributed by atoms with van der Waals surface area (Å²) in [5.41, 5.74) is 1.99.